The first-order valence-electron chi connectivity index (χ1n) is 12.9. The Bertz CT molecular complexity index is 1330. The number of carbonyl (C=O) groups is 2. The molecule has 0 aliphatic carbocycles. The number of hydrogen-bond donors (Lipinski definition) is 2. The summed E-state index contributed by atoms with van der Waals surface area (Å²) in [5.41, 5.74) is 11.6. The number of ether oxygens (including phenoxy) is 2. The molecule has 38 heavy (non-hydrogen) atoms. The summed E-state index contributed by atoms with van der Waals surface area (Å²) in [6.45, 7) is 4.83. The van der Waals surface area contributed by atoms with Crippen LogP contribution in [0.15, 0.2) is 77.1 Å². The molecule has 5 rings (SSSR count). The average molecular weight is 513 g/mol. The lowest BCUT2D eigenvalue weighted by molar-refractivity contribution is -0.116. The smallest absolute Gasteiger partial charge is 0.254 e. The second-order valence-corrected chi connectivity index (χ2v) is 9.59. The van der Waals surface area contributed by atoms with Crippen LogP contribution in [0, 0.1) is 6.92 Å². The number of allylic oxidation sites excluding steroid dienone is 4. The van der Waals surface area contributed by atoms with Crippen molar-refractivity contribution in [1.29, 1.82) is 0 Å². The minimum absolute atomic E-state index is 0.0335. The molecule has 1 atom stereocenters. The van der Waals surface area contributed by atoms with Gasteiger partial charge in [-0.3, -0.25) is 9.59 Å². The third-order valence-corrected chi connectivity index (χ3v) is 6.90. The van der Waals surface area contributed by atoms with E-state index in [0.717, 1.165) is 33.6 Å². The zero-order valence-electron chi connectivity index (χ0n) is 21.5. The number of morpholine rings is 1. The zero-order chi connectivity index (χ0) is 26.5. The van der Waals surface area contributed by atoms with Gasteiger partial charge in [0.2, 0.25) is 5.91 Å². The van der Waals surface area contributed by atoms with E-state index < -0.39 is 0 Å². The Balaban J connectivity index is 1.22. The van der Waals surface area contributed by atoms with E-state index in [0.29, 0.717) is 57.1 Å². The Morgan fingerprint density at radius 1 is 1.13 bits per heavy atom. The molecule has 196 valence electrons. The van der Waals surface area contributed by atoms with Crippen LogP contribution in [0.4, 0.5) is 0 Å². The number of aryl methyl sites for hydroxylation is 1. The van der Waals surface area contributed by atoms with Crippen LogP contribution in [0.2, 0.25) is 0 Å². The number of amides is 2. The molecule has 3 aliphatic rings. The lowest BCUT2D eigenvalue weighted by Crippen LogP contribution is -2.40. The van der Waals surface area contributed by atoms with Crippen LogP contribution in [-0.2, 0) is 16.0 Å². The fraction of sp³-hybridized carbons (Fsp3) is 0.300. The fourth-order valence-corrected chi connectivity index (χ4v) is 4.81. The topological polar surface area (TPSA) is 106 Å². The Morgan fingerprint density at radius 3 is 2.71 bits per heavy atom. The maximum Gasteiger partial charge on any atom is 0.254 e. The number of fused-ring (bicyclic) bond motifs is 1. The third kappa shape index (κ3) is 5.86. The molecule has 1 fully saturated rings. The molecule has 8 heteroatoms. The van der Waals surface area contributed by atoms with Gasteiger partial charge in [-0.2, -0.15) is 0 Å². The molecule has 2 aromatic carbocycles. The number of nitrogens with two attached hydrogens (primary N) is 1. The fourth-order valence-electron chi connectivity index (χ4n) is 4.81. The van der Waals surface area contributed by atoms with Gasteiger partial charge in [-0.15, -0.1) is 0 Å². The maximum absolute atomic E-state index is 12.8. The van der Waals surface area contributed by atoms with Crippen molar-refractivity contribution in [3.63, 3.8) is 0 Å². The van der Waals surface area contributed by atoms with Gasteiger partial charge in [-0.25, -0.2) is 4.99 Å². The largest absolute Gasteiger partial charge is 0.488 e. The molecule has 1 unspecified atom stereocenters. The lowest BCUT2D eigenvalue weighted by atomic mass is 9.94. The first kappa shape index (κ1) is 25.5. The normalized spacial score (nSPS) is 18.9. The summed E-state index contributed by atoms with van der Waals surface area (Å²) in [4.78, 5) is 31.1. The summed E-state index contributed by atoms with van der Waals surface area (Å²) in [7, 11) is 0. The molecule has 3 N–H and O–H groups in total. The standard InChI is InChI=1S/C30H32N4O4/c1-20-2-9-25(22-5-7-23(8-6-22)30(36)34-14-16-37-17-15-34)26-18-24(38-29(20)26)19-33-28(35)11-4-21-3-10-27(31)32-13-12-21/h2-11,13,24H,12,14-19,31H2,1H3,(H,33,35)/b11-4+. The minimum atomic E-state index is -0.180. The molecule has 8 nitrogen and oxygen atoms in total. The Kier molecular flexibility index (Phi) is 7.70. The van der Waals surface area contributed by atoms with E-state index in [1.54, 1.807) is 18.4 Å². The zero-order valence-corrected chi connectivity index (χ0v) is 21.5. The van der Waals surface area contributed by atoms with Gasteiger partial charge in [0, 0.05) is 49.3 Å². The van der Waals surface area contributed by atoms with Crippen LogP contribution in [0.25, 0.3) is 11.1 Å². The van der Waals surface area contributed by atoms with Gasteiger partial charge in [0.15, 0.2) is 0 Å². The van der Waals surface area contributed by atoms with Crippen LogP contribution in [0.5, 0.6) is 5.75 Å². The molecule has 0 saturated carbocycles. The van der Waals surface area contributed by atoms with Crippen LogP contribution in [0.3, 0.4) is 0 Å². The minimum Gasteiger partial charge on any atom is -0.488 e. The van der Waals surface area contributed by atoms with E-state index in [1.165, 1.54) is 6.08 Å². The van der Waals surface area contributed by atoms with Crippen LogP contribution >= 0.6 is 0 Å². The van der Waals surface area contributed by atoms with E-state index in [-0.39, 0.29) is 17.9 Å². The molecule has 0 aromatic heterocycles. The average Bonchev–Trinajstić information content (AvgIpc) is 3.27. The molecular weight excluding hydrogens is 480 g/mol. The highest BCUT2D eigenvalue weighted by Gasteiger charge is 2.28. The molecular formula is C30H32N4O4. The van der Waals surface area contributed by atoms with E-state index in [2.05, 4.69) is 22.4 Å². The predicted molar refractivity (Wildman–Crippen MR) is 147 cm³/mol. The van der Waals surface area contributed by atoms with Crippen molar-refractivity contribution in [3.8, 4) is 16.9 Å². The number of benzene rings is 2. The summed E-state index contributed by atoms with van der Waals surface area (Å²) in [5.74, 6) is 1.17. The number of carbonyl (C=O) groups excluding carboxylic acids is 2. The van der Waals surface area contributed by atoms with Gasteiger partial charge in [0.05, 0.1) is 19.8 Å². The number of hydrogen-bond acceptors (Lipinski definition) is 6. The summed E-state index contributed by atoms with van der Waals surface area (Å²) < 4.78 is 11.6. The lowest BCUT2D eigenvalue weighted by Gasteiger charge is -2.26. The molecule has 2 amide bonds. The molecule has 0 bridgehead atoms. The highest BCUT2D eigenvalue weighted by Crippen LogP contribution is 2.39. The van der Waals surface area contributed by atoms with Crippen LogP contribution in [0.1, 0.15) is 27.9 Å². The van der Waals surface area contributed by atoms with Crippen molar-refractivity contribution in [1.82, 2.24) is 10.2 Å². The van der Waals surface area contributed by atoms with Gasteiger partial charge in [-0.1, -0.05) is 36.4 Å². The summed E-state index contributed by atoms with van der Waals surface area (Å²) in [6.07, 6.45) is 9.76. The number of rotatable bonds is 6. The van der Waals surface area contributed by atoms with Gasteiger partial charge in [0.1, 0.15) is 17.7 Å². The maximum atomic E-state index is 12.8. The predicted octanol–water partition coefficient (Wildman–Crippen LogP) is 3.31. The molecule has 3 heterocycles. The monoisotopic (exact) mass is 512 g/mol. The Morgan fingerprint density at radius 2 is 1.92 bits per heavy atom. The highest BCUT2D eigenvalue weighted by atomic mass is 16.5. The number of aliphatic imine (C=N–C) groups is 1. The first-order chi connectivity index (χ1) is 18.5. The second-order valence-electron chi connectivity index (χ2n) is 9.59. The van der Waals surface area contributed by atoms with Crippen molar-refractivity contribution < 1.29 is 19.1 Å². The van der Waals surface area contributed by atoms with E-state index >= 15 is 0 Å². The van der Waals surface area contributed by atoms with Crippen molar-refractivity contribution in [2.24, 2.45) is 10.7 Å². The van der Waals surface area contributed by atoms with Crippen molar-refractivity contribution >= 4 is 18.0 Å². The van der Waals surface area contributed by atoms with E-state index in [9.17, 15) is 9.59 Å². The third-order valence-electron chi connectivity index (χ3n) is 6.90. The number of nitrogens with one attached hydrogen (secondary N) is 1. The van der Waals surface area contributed by atoms with Crippen molar-refractivity contribution in [2.75, 3.05) is 32.8 Å². The van der Waals surface area contributed by atoms with Gasteiger partial charge in [-0.05, 0) is 47.4 Å². The molecule has 0 radical (unpaired) electrons. The summed E-state index contributed by atoms with van der Waals surface area (Å²) in [5, 5.41) is 2.95. The molecule has 2 aromatic rings. The van der Waals surface area contributed by atoms with Crippen molar-refractivity contribution in [3.05, 3.63) is 88.8 Å². The first-order valence-corrected chi connectivity index (χ1v) is 12.9. The van der Waals surface area contributed by atoms with E-state index in [4.69, 9.17) is 15.2 Å². The number of nitrogens with zero attached hydrogens (tertiary/aromatic N) is 2. The quantitative estimate of drug-likeness (QED) is 0.578. The molecule has 3 aliphatic heterocycles. The highest BCUT2D eigenvalue weighted by molar-refractivity contribution is 5.95. The van der Waals surface area contributed by atoms with Gasteiger partial charge < -0.3 is 25.4 Å². The van der Waals surface area contributed by atoms with Gasteiger partial charge >= 0.3 is 0 Å². The van der Waals surface area contributed by atoms with E-state index in [1.807, 2.05) is 42.2 Å². The Hall–Kier alpha value is -4.17. The Labute approximate surface area is 222 Å². The van der Waals surface area contributed by atoms with Gasteiger partial charge in [0.25, 0.3) is 5.91 Å². The SMILES string of the molecule is Cc1ccc(-c2ccc(C(=O)N3CCOCC3)cc2)c2c1OC(CNC(=O)/C=C/C1=CC=C(N)N=CC1)C2. The second kappa shape index (κ2) is 11.5. The van der Waals surface area contributed by atoms with Crippen molar-refractivity contribution in [2.45, 2.75) is 25.9 Å². The summed E-state index contributed by atoms with van der Waals surface area (Å²) >= 11 is 0. The summed E-state index contributed by atoms with van der Waals surface area (Å²) in [6, 6.07) is 11.9. The molecule has 1 saturated heterocycles. The molecule has 0 spiro atoms. The van der Waals surface area contributed by atoms with Crippen LogP contribution < -0.4 is 15.8 Å². The van der Waals surface area contributed by atoms with Crippen LogP contribution in [-0.4, -0.2) is 61.9 Å².